The molecule has 1 fully saturated rings. The van der Waals surface area contributed by atoms with Gasteiger partial charge < -0.3 is 19.7 Å². The Bertz CT molecular complexity index is 476. The third kappa shape index (κ3) is 6.10. The number of nitrogens with one attached hydrogen (secondary N) is 2. The fourth-order valence-corrected chi connectivity index (χ4v) is 2.94. The highest BCUT2D eigenvalue weighted by atomic mass is 16.5. The minimum atomic E-state index is 0.115. The van der Waals surface area contributed by atoms with Crippen LogP contribution in [0.1, 0.15) is 33.1 Å². The molecule has 1 aliphatic heterocycles. The fraction of sp³-hybridized carbons (Fsp3) is 0.611. The molecule has 1 amide bonds. The van der Waals surface area contributed by atoms with E-state index in [0.29, 0.717) is 32.3 Å². The molecule has 2 rings (SSSR count). The lowest BCUT2D eigenvalue weighted by Gasteiger charge is -2.29. The molecular weight excluding hydrogens is 292 g/mol. The van der Waals surface area contributed by atoms with E-state index in [4.69, 9.17) is 9.47 Å². The Morgan fingerprint density at radius 1 is 1.22 bits per heavy atom. The van der Waals surface area contributed by atoms with Crippen LogP contribution in [0.3, 0.4) is 0 Å². The molecule has 2 N–H and O–H groups in total. The van der Waals surface area contributed by atoms with Crippen LogP contribution in [0.2, 0.25) is 0 Å². The SMILES string of the molecule is CCOc1ccc(OCCNC(=O)C[NH+]2CCCC[C@@H]2C)cc1. The zero-order valence-electron chi connectivity index (χ0n) is 14.3. The number of likely N-dealkylation sites (tertiary alicyclic amines) is 1. The molecule has 5 nitrogen and oxygen atoms in total. The average Bonchev–Trinajstić information content (AvgIpc) is 2.55. The van der Waals surface area contributed by atoms with Crippen molar-refractivity contribution in [1.82, 2.24) is 5.32 Å². The zero-order valence-corrected chi connectivity index (χ0v) is 14.3. The highest BCUT2D eigenvalue weighted by molar-refractivity contribution is 5.76. The van der Waals surface area contributed by atoms with Gasteiger partial charge in [-0.2, -0.15) is 0 Å². The predicted octanol–water partition coefficient (Wildman–Crippen LogP) is 1.04. The number of quaternary nitrogens is 1. The van der Waals surface area contributed by atoms with E-state index < -0.39 is 0 Å². The van der Waals surface area contributed by atoms with E-state index in [1.54, 1.807) is 0 Å². The lowest BCUT2D eigenvalue weighted by molar-refractivity contribution is -0.921. The van der Waals surface area contributed by atoms with Crippen molar-refractivity contribution in [2.75, 3.05) is 32.8 Å². The number of hydrogen-bond donors (Lipinski definition) is 2. The van der Waals surface area contributed by atoms with E-state index in [1.807, 2.05) is 31.2 Å². The van der Waals surface area contributed by atoms with Gasteiger partial charge in [-0.15, -0.1) is 0 Å². The quantitative estimate of drug-likeness (QED) is 0.704. The summed E-state index contributed by atoms with van der Waals surface area (Å²) in [4.78, 5) is 13.4. The molecule has 1 unspecified atom stereocenters. The molecule has 0 saturated carbocycles. The van der Waals surface area contributed by atoms with Gasteiger partial charge in [0.1, 0.15) is 18.1 Å². The summed E-state index contributed by atoms with van der Waals surface area (Å²) in [6.07, 6.45) is 3.75. The van der Waals surface area contributed by atoms with Crippen molar-refractivity contribution in [3.63, 3.8) is 0 Å². The first-order chi connectivity index (χ1) is 11.2. The van der Waals surface area contributed by atoms with Gasteiger partial charge >= 0.3 is 0 Å². The maximum atomic E-state index is 12.0. The topological polar surface area (TPSA) is 52.0 Å². The van der Waals surface area contributed by atoms with Gasteiger partial charge in [0.05, 0.1) is 25.7 Å². The van der Waals surface area contributed by atoms with Crippen LogP contribution in [-0.2, 0) is 4.79 Å². The fourth-order valence-electron chi connectivity index (χ4n) is 2.94. The van der Waals surface area contributed by atoms with Crippen LogP contribution in [0.4, 0.5) is 0 Å². The third-order valence-corrected chi connectivity index (χ3v) is 4.30. The van der Waals surface area contributed by atoms with Crippen molar-refractivity contribution in [3.8, 4) is 11.5 Å². The summed E-state index contributed by atoms with van der Waals surface area (Å²) in [5.41, 5.74) is 0. The van der Waals surface area contributed by atoms with E-state index in [2.05, 4.69) is 12.2 Å². The molecule has 2 atom stereocenters. The van der Waals surface area contributed by atoms with Gasteiger partial charge in [0.15, 0.2) is 6.54 Å². The Balaban J connectivity index is 1.61. The standard InChI is InChI=1S/C18H28N2O3/c1-3-22-16-7-9-17(10-8-16)23-13-11-19-18(21)14-20-12-5-4-6-15(20)2/h7-10,15H,3-6,11-14H2,1-2H3,(H,19,21)/p+1/t15-/m0/s1. The van der Waals surface area contributed by atoms with Crippen molar-refractivity contribution in [3.05, 3.63) is 24.3 Å². The summed E-state index contributed by atoms with van der Waals surface area (Å²) in [6, 6.07) is 8.13. The van der Waals surface area contributed by atoms with Gasteiger partial charge in [0, 0.05) is 0 Å². The molecule has 1 aromatic rings. The summed E-state index contributed by atoms with van der Waals surface area (Å²) < 4.78 is 11.0. The first-order valence-electron chi connectivity index (χ1n) is 8.66. The molecule has 0 spiro atoms. The number of amides is 1. The Morgan fingerprint density at radius 3 is 2.57 bits per heavy atom. The van der Waals surface area contributed by atoms with Crippen LogP contribution in [0, 0.1) is 0 Å². The Morgan fingerprint density at radius 2 is 1.91 bits per heavy atom. The maximum absolute atomic E-state index is 12.0. The van der Waals surface area contributed by atoms with Crippen LogP contribution in [0.15, 0.2) is 24.3 Å². The largest absolute Gasteiger partial charge is 0.494 e. The first-order valence-corrected chi connectivity index (χ1v) is 8.66. The Labute approximate surface area is 139 Å². The summed E-state index contributed by atoms with van der Waals surface area (Å²) in [6.45, 7) is 7.54. The second-order valence-electron chi connectivity index (χ2n) is 6.08. The highest BCUT2D eigenvalue weighted by Crippen LogP contribution is 2.17. The molecule has 0 aromatic heterocycles. The zero-order chi connectivity index (χ0) is 16.5. The van der Waals surface area contributed by atoms with Crippen molar-refractivity contribution in [2.45, 2.75) is 39.2 Å². The number of benzene rings is 1. The van der Waals surface area contributed by atoms with E-state index in [0.717, 1.165) is 18.0 Å². The van der Waals surface area contributed by atoms with Gasteiger partial charge in [0.25, 0.3) is 5.91 Å². The van der Waals surface area contributed by atoms with Crippen LogP contribution in [-0.4, -0.2) is 44.8 Å². The molecule has 0 radical (unpaired) electrons. The molecule has 0 bridgehead atoms. The predicted molar refractivity (Wildman–Crippen MR) is 90.1 cm³/mol. The van der Waals surface area contributed by atoms with Crippen LogP contribution < -0.4 is 19.7 Å². The molecule has 1 aromatic carbocycles. The second-order valence-corrected chi connectivity index (χ2v) is 6.08. The van der Waals surface area contributed by atoms with Crippen LogP contribution in [0.5, 0.6) is 11.5 Å². The minimum absolute atomic E-state index is 0.115. The molecule has 0 aliphatic carbocycles. The van der Waals surface area contributed by atoms with Crippen LogP contribution >= 0.6 is 0 Å². The van der Waals surface area contributed by atoms with E-state index in [1.165, 1.54) is 24.2 Å². The van der Waals surface area contributed by atoms with Gasteiger partial charge in [-0.1, -0.05) is 0 Å². The number of hydrogen-bond acceptors (Lipinski definition) is 3. The average molecular weight is 321 g/mol. The van der Waals surface area contributed by atoms with Crippen LogP contribution in [0.25, 0.3) is 0 Å². The van der Waals surface area contributed by atoms with Crippen molar-refractivity contribution in [2.24, 2.45) is 0 Å². The first kappa shape index (κ1) is 17.6. The Hall–Kier alpha value is -1.75. The number of carbonyl (C=O) groups is 1. The highest BCUT2D eigenvalue weighted by Gasteiger charge is 2.23. The van der Waals surface area contributed by atoms with Gasteiger partial charge in [-0.3, -0.25) is 4.79 Å². The third-order valence-electron chi connectivity index (χ3n) is 4.30. The molecule has 1 saturated heterocycles. The summed E-state index contributed by atoms with van der Waals surface area (Å²) in [7, 11) is 0. The molecular formula is C18H29N2O3+. The summed E-state index contributed by atoms with van der Waals surface area (Å²) >= 11 is 0. The second kappa shape index (κ2) is 9.40. The number of rotatable bonds is 8. The molecule has 23 heavy (non-hydrogen) atoms. The number of piperidine rings is 1. The normalized spacial score (nSPS) is 20.8. The van der Waals surface area contributed by atoms with Gasteiger partial charge in [-0.25, -0.2) is 0 Å². The smallest absolute Gasteiger partial charge is 0.275 e. The van der Waals surface area contributed by atoms with Crippen molar-refractivity contribution < 1.29 is 19.2 Å². The molecule has 5 heteroatoms. The van der Waals surface area contributed by atoms with Gasteiger partial charge in [-0.05, 0) is 57.4 Å². The van der Waals surface area contributed by atoms with E-state index >= 15 is 0 Å². The lowest BCUT2D eigenvalue weighted by atomic mass is 10.0. The van der Waals surface area contributed by atoms with E-state index in [-0.39, 0.29) is 5.91 Å². The minimum Gasteiger partial charge on any atom is -0.494 e. The van der Waals surface area contributed by atoms with Gasteiger partial charge in [0.2, 0.25) is 0 Å². The Kier molecular flexibility index (Phi) is 7.20. The molecule has 1 heterocycles. The summed E-state index contributed by atoms with van der Waals surface area (Å²) in [5.74, 6) is 1.74. The summed E-state index contributed by atoms with van der Waals surface area (Å²) in [5, 5.41) is 2.94. The number of ether oxygens (including phenoxy) is 2. The monoisotopic (exact) mass is 321 g/mol. The maximum Gasteiger partial charge on any atom is 0.275 e. The number of carbonyl (C=O) groups excluding carboxylic acids is 1. The molecule has 128 valence electrons. The van der Waals surface area contributed by atoms with Crippen molar-refractivity contribution >= 4 is 5.91 Å². The lowest BCUT2D eigenvalue weighted by Crippen LogP contribution is -3.17. The van der Waals surface area contributed by atoms with E-state index in [9.17, 15) is 4.79 Å². The van der Waals surface area contributed by atoms with Crippen molar-refractivity contribution in [1.29, 1.82) is 0 Å². The molecule has 1 aliphatic rings.